The fraction of sp³-hybridized carbons (Fsp3) is 0.944. The van der Waals surface area contributed by atoms with Crippen molar-refractivity contribution in [1.29, 1.82) is 0 Å². The van der Waals surface area contributed by atoms with Crippen molar-refractivity contribution >= 4 is 5.97 Å². The Morgan fingerprint density at radius 2 is 1.75 bits per heavy atom. The molecule has 140 valence electrons. The summed E-state index contributed by atoms with van der Waals surface area (Å²) in [5.41, 5.74) is -1.47. The van der Waals surface area contributed by atoms with Gasteiger partial charge in [-0.1, -0.05) is 25.8 Å². The highest BCUT2D eigenvalue weighted by atomic mass is 16.7. The quantitative estimate of drug-likeness (QED) is 0.580. The van der Waals surface area contributed by atoms with Crippen molar-refractivity contribution in [3.8, 4) is 0 Å². The van der Waals surface area contributed by atoms with E-state index in [1.807, 2.05) is 6.92 Å². The molecule has 2 heterocycles. The van der Waals surface area contributed by atoms with E-state index in [1.54, 1.807) is 5.06 Å². The van der Waals surface area contributed by atoms with E-state index in [1.165, 1.54) is 7.11 Å². The molecule has 2 saturated heterocycles. The normalized spacial score (nSPS) is 46.9. The summed E-state index contributed by atoms with van der Waals surface area (Å²) >= 11 is 0. The van der Waals surface area contributed by atoms with Crippen molar-refractivity contribution in [1.82, 2.24) is 5.06 Å². The lowest BCUT2D eigenvalue weighted by atomic mass is 9.67. The van der Waals surface area contributed by atoms with Gasteiger partial charge in [0, 0.05) is 12.3 Å². The Kier molecular flexibility index (Phi) is 5.10. The van der Waals surface area contributed by atoms with Gasteiger partial charge in [-0.25, -0.2) is 0 Å². The van der Waals surface area contributed by atoms with E-state index in [2.05, 4.69) is 34.6 Å². The second kappa shape index (κ2) is 6.24. The van der Waals surface area contributed by atoms with Crippen LogP contribution in [0.2, 0.25) is 0 Å². The molecule has 0 aliphatic carbocycles. The van der Waals surface area contributed by atoms with Gasteiger partial charge in [0.1, 0.15) is 5.41 Å². The van der Waals surface area contributed by atoms with E-state index in [-0.39, 0.29) is 36.2 Å². The Hall–Kier alpha value is -0.690. The predicted molar refractivity (Wildman–Crippen MR) is 91.4 cm³/mol. The minimum absolute atomic E-state index is 0.00863. The summed E-state index contributed by atoms with van der Waals surface area (Å²) < 4.78 is 17.4. The van der Waals surface area contributed by atoms with Crippen LogP contribution in [0.25, 0.3) is 0 Å². The van der Waals surface area contributed by atoms with Crippen LogP contribution in [0.4, 0.5) is 0 Å². The first-order valence-corrected chi connectivity index (χ1v) is 8.91. The molecule has 0 saturated carbocycles. The van der Waals surface area contributed by atoms with Gasteiger partial charge in [0.25, 0.3) is 0 Å². The molecule has 2 rings (SSSR count). The van der Waals surface area contributed by atoms with Gasteiger partial charge >= 0.3 is 5.97 Å². The third-order valence-corrected chi connectivity index (χ3v) is 6.70. The van der Waals surface area contributed by atoms with Gasteiger partial charge in [0.05, 0.1) is 31.4 Å². The molecule has 0 aromatic heterocycles. The van der Waals surface area contributed by atoms with E-state index < -0.39 is 11.2 Å². The molecule has 0 bridgehead atoms. The molecule has 0 amide bonds. The van der Waals surface area contributed by atoms with Crippen molar-refractivity contribution in [2.75, 3.05) is 20.3 Å². The number of rotatable bonds is 3. The van der Waals surface area contributed by atoms with Gasteiger partial charge in [0.2, 0.25) is 0 Å². The van der Waals surface area contributed by atoms with Crippen LogP contribution < -0.4 is 0 Å². The number of hydroxylamine groups is 2. The SMILES string of the molecule is CCC1(C)CC2(OCC(C)(C(=O)OC)CO2)C(C)C(C)(CC)N1[OH2+]. The molecule has 0 radical (unpaired) electrons. The summed E-state index contributed by atoms with van der Waals surface area (Å²) in [5.74, 6) is -1.06. The number of nitrogens with zero attached hydrogens (tertiary/aromatic N) is 1. The molecule has 1 spiro atoms. The Bertz CT molecular complexity index is 488. The first kappa shape index (κ1) is 19.6. The van der Waals surface area contributed by atoms with Crippen LogP contribution in [0.5, 0.6) is 0 Å². The van der Waals surface area contributed by atoms with Gasteiger partial charge in [-0.3, -0.25) is 4.79 Å². The maximum atomic E-state index is 12.0. The van der Waals surface area contributed by atoms with E-state index in [0.717, 1.165) is 12.8 Å². The van der Waals surface area contributed by atoms with Gasteiger partial charge in [-0.05, 0) is 33.6 Å². The van der Waals surface area contributed by atoms with Crippen molar-refractivity contribution in [2.45, 2.75) is 77.7 Å². The summed E-state index contributed by atoms with van der Waals surface area (Å²) in [6.45, 7) is 12.9. The molecule has 2 aliphatic rings. The summed E-state index contributed by atoms with van der Waals surface area (Å²) in [6, 6.07) is 0. The van der Waals surface area contributed by atoms with Gasteiger partial charge < -0.3 is 19.4 Å². The number of carbonyl (C=O) groups excluding carboxylic acids is 1. The smallest absolute Gasteiger partial charge is 0.316 e. The average Bonchev–Trinajstić information content (AvgIpc) is 2.60. The van der Waals surface area contributed by atoms with Gasteiger partial charge in [-0.15, -0.1) is 0 Å². The molecule has 6 heteroatoms. The molecule has 0 aromatic rings. The first-order valence-electron chi connectivity index (χ1n) is 8.91. The molecule has 2 N–H and O–H groups in total. The van der Waals surface area contributed by atoms with Crippen molar-refractivity contribution in [3.05, 3.63) is 0 Å². The fourth-order valence-corrected chi connectivity index (χ4v) is 4.16. The van der Waals surface area contributed by atoms with Crippen molar-refractivity contribution in [3.63, 3.8) is 0 Å². The Labute approximate surface area is 145 Å². The zero-order valence-electron chi connectivity index (χ0n) is 16.2. The lowest BCUT2D eigenvalue weighted by Gasteiger charge is -2.60. The molecule has 0 aromatic carbocycles. The third kappa shape index (κ3) is 2.68. The number of piperidine rings is 1. The number of hydrogen-bond acceptors (Lipinski definition) is 5. The summed E-state index contributed by atoms with van der Waals surface area (Å²) in [6.07, 6.45) is 2.28. The molecule has 6 nitrogen and oxygen atoms in total. The van der Waals surface area contributed by atoms with Crippen LogP contribution in [0.1, 0.15) is 60.8 Å². The van der Waals surface area contributed by atoms with E-state index in [4.69, 9.17) is 19.4 Å². The highest BCUT2D eigenvalue weighted by Crippen LogP contribution is 2.53. The summed E-state index contributed by atoms with van der Waals surface area (Å²) in [4.78, 5) is 12.0. The third-order valence-electron chi connectivity index (χ3n) is 6.70. The molecule has 2 aliphatic heterocycles. The lowest BCUT2D eigenvalue weighted by Crippen LogP contribution is -2.73. The predicted octanol–water partition coefficient (Wildman–Crippen LogP) is 2.23. The summed E-state index contributed by atoms with van der Waals surface area (Å²) in [5, 5.41) is 10.5. The lowest BCUT2D eigenvalue weighted by molar-refractivity contribution is -0.398. The molecule has 24 heavy (non-hydrogen) atoms. The van der Waals surface area contributed by atoms with Gasteiger partial charge in [0.15, 0.2) is 5.79 Å². The molecular formula is C18H34NO5+. The topological polar surface area (TPSA) is 70.9 Å². The number of ether oxygens (including phenoxy) is 3. The molecule has 2 fully saturated rings. The highest BCUT2D eigenvalue weighted by Gasteiger charge is 2.65. The molecular weight excluding hydrogens is 310 g/mol. The zero-order valence-corrected chi connectivity index (χ0v) is 16.2. The van der Waals surface area contributed by atoms with Crippen LogP contribution >= 0.6 is 0 Å². The summed E-state index contributed by atoms with van der Waals surface area (Å²) in [7, 11) is 1.39. The maximum Gasteiger partial charge on any atom is 0.316 e. The van der Waals surface area contributed by atoms with E-state index in [9.17, 15) is 4.79 Å². The second-order valence-electron chi connectivity index (χ2n) is 8.24. The van der Waals surface area contributed by atoms with Crippen LogP contribution in [0, 0.1) is 11.3 Å². The van der Waals surface area contributed by atoms with Crippen LogP contribution in [-0.4, -0.2) is 53.4 Å². The van der Waals surface area contributed by atoms with Crippen molar-refractivity contribution in [2.24, 2.45) is 11.3 Å². The number of methoxy groups -OCH3 is 1. The monoisotopic (exact) mass is 344 g/mol. The Morgan fingerprint density at radius 3 is 2.17 bits per heavy atom. The zero-order chi connectivity index (χ0) is 18.4. The van der Waals surface area contributed by atoms with Crippen molar-refractivity contribution < 1.29 is 24.2 Å². The maximum absolute atomic E-state index is 12.0. The number of carbonyl (C=O) groups is 1. The molecule has 3 unspecified atom stereocenters. The second-order valence-corrected chi connectivity index (χ2v) is 8.24. The largest absolute Gasteiger partial charge is 0.468 e. The molecule has 3 atom stereocenters. The Balaban J connectivity index is 2.35. The number of esters is 1. The first-order chi connectivity index (χ1) is 11.0. The minimum atomic E-state index is -0.775. The Morgan fingerprint density at radius 1 is 1.21 bits per heavy atom. The van der Waals surface area contributed by atoms with Crippen LogP contribution in [0.15, 0.2) is 0 Å². The van der Waals surface area contributed by atoms with Gasteiger partial charge in [-0.2, -0.15) is 0 Å². The van der Waals surface area contributed by atoms with Crippen LogP contribution in [-0.2, 0) is 19.0 Å². The fourth-order valence-electron chi connectivity index (χ4n) is 4.16. The average molecular weight is 344 g/mol. The van der Waals surface area contributed by atoms with E-state index in [0.29, 0.717) is 6.42 Å². The highest BCUT2D eigenvalue weighted by molar-refractivity contribution is 5.76. The van der Waals surface area contributed by atoms with E-state index >= 15 is 0 Å². The number of hydrogen-bond donors (Lipinski definition) is 0. The van der Waals surface area contributed by atoms with Crippen LogP contribution in [0.3, 0.4) is 0 Å². The minimum Gasteiger partial charge on any atom is -0.468 e. The standard InChI is InChI=1S/C18H33NO5/c1-8-16(5)10-18(13(3)17(6,9-2)19(16)21)23-11-15(4,12-24-18)14(20)22-7/h13,21H,8-12H2,1-7H3/p+1.